The fourth-order valence-electron chi connectivity index (χ4n) is 6.78. The van der Waals surface area contributed by atoms with E-state index in [1.807, 2.05) is 13.8 Å². The number of ketones is 1. The molecule has 3 N–H and O–H groups in total. The van der Waals surface area contributed by atoms with Crippen molar-refractivity contribution < 1.29 is 20.1 Å². The van der Waals surface area contributed by atoms with Gasteiger partial charge in [0.25, 0.3) is 0 Å². The van der Waals surface area contributed by atoms with Crippen molar-refractivity contribution in [2.45, 2.75) is 135 Å². The summed E-state index contributed by atoms with van der Waals surface area (Å²) in [5, 5.41) is 30.5. The first-order chi connectivity index (χ1) is 16.3. The van der Waals surface area contributed by atoms with Crippen LogP contribution in [0.15, 0.2) is 34.9 Å². The summed E-state index contributed by atoms with van der Waals surface area (Å²) >= 11 is 0. The van der Waals surface area contributed by atoms with Crippen LogP contribution >= 0.6 is 0 Å². The zero-order valence-corrected chi connectivity index (χ0v) is 22.9. The average Bonchev–Trinajstić information content (AvgIpc) is 3.10. The molecule has 0 amide bonds. The highest BCUT2D eigenvalue weighted by Crippen LogP contribution is 2.57. The number of hydrogen-bond acceptors (Lipinski definition) is 4. The molecule has 198 valence electrons. The van der Waals surface area contributed by atoms with Gasteiger partial charge in [-0.3, -0.25) is 4.79 Å². The smallest absolute Gasteiger partial charge is 0.163 e. The molecule has 3 rings (SSSR count). The lowest BCUT2D eigenvalue weighted by Crippen LogP contribution is -2.34. The Morgan fingerprint density at radius 1 is 1.14 bits per heavy atom. The molecule has 35 heavy (non-hydrogen) atoms. The van der Waals surface area contributed by atoms with Gasteiger partial charge >= 0.3 is 0 Å². The first-order valence-electron chi connectivity index (χ1n) is 14.0. The van der Waals surface area contributed by atoms with Gasteiger partial charge in [0.1, 0.15) is 5.60 Å². The maximum Gasteiger partial charge on any atom is 0.163 e. The minimum atomic E-state index is -1.28. The van der Waals surface area contributed by atoms with E-state index >= 15 is 0 Å². The van der Waals surface area contributed by atoms with E-state index < -0.39 is 11.2 Å². The van der Waals surface area contributed by atoms with Gasteiger partial charge in [0.2, 0.25) is 0 Å². The molecule has 4 heteroatoms. The average molecular weight is 487 g/mol. The lowest BCUT2D eigenvalue weighted by atomic mass is 9.61. The highest BCUT2D eigenvalue weighted by molar-refractivity contribution is 5.86. The molecule has 0 aromatic carbocycles. The second kappa shape index (κ2) is 11.4. The van der Waals surface area contributed by atoms with Crippen molar-refractivity contribution in [3.8, 4) is 0 Å². The van der Waals surface area contributed by atoms with Crippen LogP contribution in [0.25, 0.3) is 0 Å². The molecule has 2 saturated carbocycles. The molecule has 0 heterocycles. The molecule has 3 aliphatic rings. The number of carbonyl (C=O) groups excluding carboxylic acids is 1. The van der Waals surface area contributed by atoms with Crippen LogP contribution in [0.3, 0.4) is 0 Å². The Morgan fingerprint density at radius 2 is 1.89 bits per heavy atom. The third kappa shape index (κ3) is 7.63. The summed E-state index contributed by atoms with van der Waals surface area (Å²) < 4.78 is 0. The molecule has 0 saturated heterocycles. The predicted molar refractivity (Wildman–Crippen MR) is 143 cm³/mol. The SMILES string of the molecule is CC(C)(O)CCCC(CCC(=O)C(C)(C)O)C1=CCC2/C(=C/C=C3/CCCC(O)C3)CCCC12C. The largest absolute Gasteiger partial charge is 0.393 e. The molecule has 0 aliphatic heterocycles. The Bertz CT molecular complexity index is 835. The monoisotopic (exact) mass is 486 g/mol. The number of aliphatic hydroxyl groups excluding tert-OH is 1. The molecular formula is C31H50O4. The maximum absolute atomic E-state index is 12.5. The number of hydrogen-bond donors (Lipinski definition) is 3. The van der Waals surface area contributed by atoms with Crippen molar-refractivity contribution in [2.75, 3.05) is 0 Å². The van der Waals surface area contributed by atoms with E-state index in [2.05, 4.69) is 25.2 Å². The highest BCUT2D eigenvalue weighted by atomic mass is 16.3. The topological polar surface area (TPSA) is 77.8 Å². The van der Waals surface area contributed by atoms with Crippen molar-refractivity contribution in [3.63, 3.8) is 0 Å². The zero-order valence-electron chi connectivity index (χ0n) is 22.9. The Kier molecular flexibility index (Phi) is 9.26. The number of fused-ring (bicyclic) bond motifs is 1. The number of aliphatic hydroxyl groups is 3. The normalized spacial score (nSPS) is 30.9. The fourth-order valence-corrected chi connectivity index (χ4v) is 6.78. The molecule has 0 bridgehead atoms. The summed E-state index contributed by atoms with van der Waals surface area (Å²) in [5.74, 6) is 0.735. The molecule has 4 atom stereocenters. The van der Waals surface area contributed by atoms with Gasteiger partial charge in [-0.05, 0) is 116 Å². The lowest BCUT2D eigenvalue weighted by Gasteiger charge is -2.43. The Morgan fingerprint density at radius 3 is 2.54 bits per heavy atom. The predicted octanol–water partition coefficient (Wildman–Crippen LogP) is 6.59. The van der Waals surface area contributed by atoms with Crippen molar-refractivity contribution >= 4 is 5.78 Å². The van der Waals surface area contributed by atoms with Crippen molar-refractivity contribution in [1.29, 1.82) is 0 Å². The van der Waals surface area contributed by atoms with E-state index in [9.17, 15) is 20.1 Å². The Labute approximate surface area is 213 Å². The number of rotatable bonds is 10. The molecule has 4 unspecified atom stereocenters. The first kappa shape index (κ1) is 28.3. The van der Waals surface area contributed by atoms with Gasteiger partial charge in [-0.15, -0.1) is 0 Å². The minimum absolute atomic E-state index is 0.0872. The van der Waals surface area contributed by atoms with Crippen molar-refractivity contribution in [2.24, 2.45) is 17.3 Å². The standard InChI is InChI=1S/C31H50O4/c1-29(2,34)19-7-10-24(15-18-28(33)30(3,4)35)27-17-16-26-23(11-8-20-31(26,27)5)14-13-22-9-6-12-25(32)21-22/h13-14,17,24-26,32,34-35H,6-12,15-16,18-21H2,1-5H3/b22-13-,23-14+. The van der Waals surface area contributed by atoms with Gasteiger partial charge in [-0.25, -0.2) is 0 Å². The van der Waals surface area contributed by atoms with Crippen LogP contribution in [0.4, 0.5) is 0 Å². The van der Waals surface area contributed by atoms with E-state index in [-0.39, 0.29) is 17.3 Å². The maximum atomic E-state index is 12.5. The van der Waals surface area contributed by atoms with Crippen LogP contribution in [0, 0.1) is 17.3 Å². The lowest BCUT2D eigenvalue weighted by molar-refractivity contribution is -0.134. The summed E-state index contributed by atoms with van der Waals surface area (Å²) in [6, 6.07) is 0. The van der Waals surface area contributed by atoms with Crippen molar-refractivity contribution in [3.05, 3.63) is 34.9 Å². The van der Waals surface area contributed by atoms with E-state index in [0.717, 1.165) is 64.2 Å². The second-order valence-electron chi connectivity index (χ2n) is 13.0. The summed E-state index contributed by atoms with van der Waals surface area (Å²) in [6.07, 6.45) is 19.2. The van der Waals surface area contributed by atoms with Crippen LogP contribution in [-0.2, 0) is 4.79 Å². The number of allylic oxidation sites excluding steroid dienone is 5. The van der Waals surface area contributed by atoms with Gasteiger partial charge in [-0.2, -0.15) is 0 Å². The molecule has 0 spiro atoms. The summed E-state index contributed by atoms with van der Waals surface area (Å²) in [5.41, 5.74) is 2.59. The molecule has 0 aromatic rings. The van der Waals surface area contributed by atoms with Crippen LogP contribution in [0.5, 0.6) is 0 Å². The third-order valence-corrected chi connectivity index (χ3v) is 8.86. The fraction of sp³-hybridized carbons (Fsp3) is 0.774. The molecular weight excluding hydrogens is 436 g/mol. The van der Waals surface area contributed by atoms with E-state index in [0.29, 0.717) is 18.3 Å². The van der Waals surface area contributed by atoms with Crippen LogP contribution in [0.2, 0.25) is 0 Å². The van der Waals surface area contributed by atoms with E-state index in [1.165, 1.54) is 24.0 Å². The van der Waals surface area contributed by atoms with Gasteiger partial charge in [0, 0.05) is 6.42 Å². The van der Waals surface area contributed by atoms with Crippen molar-refractivity contribution in [1.82, 2.24) is 0 Å². The molecule has 3 aliphatic carbocycles. The Hall–Kier alpha value is -1.23. The van der Waals surface area contributed by atoms with Gasteiger partial charge in [-0.1, -0.05) is 48.3 Å². The number of carbonyl (C=O) groups is 1. The Balaban J connectivity index is 1.77. The molecule has 0 radical (unpaired) electrons. The zero-order chi connectivity index (χ0) is 25.9. The summed E-state index contributed by atoms with van der Waals surface area (Å²) in [4.78, 5) is 12.5. The minimum Gasteiger partial charge on any atom is -0.393 e. The van der Waals surface area contributed by atoms with Crippen LogP contribution in [0.1, 0.15) is 118 Å². The van der Waals surface area contributed by atoms with Crippen LogP contribution in [-0.4, -0.2) is 38.4 Å². The first-order valence-corrected chi connectivity index (χ1v) is 14.0. The quantitative estimate of drug-likeness (QED) is 0.304. The van der Waals surface area contributed by atoms with E-state index in [4.69, 9.17) is 0 Å². The molecule has 2 fully saturated rings. The molecule has 0 aromatic heterocycles. The number of Topliss-reactive ketones (excluding diaryl/α,β-unsaturated/α-hetero) is 1. The third-order valence-electron chi connectivity index (χ3n) is 8.86. The van der Waals surface area contributed by atoms with Gasteiger partial charge in [0.05, 0.1) is 11.7 Å². The van der Waals surface area contributed by atoms with Gasteiger partial charge < -0.3 is 15.3 Å². The van der Waals surface area contributed by atoms with Crippen LogP contribution < -0.4 is 0 Å². The molecule has 4 nitrogen and oxygen atoms in total. The summed E-state index contributed by atoms with van der Waals surface area (Å²) in [7, 11) is 0. The van der Waals surface area contributed by atoms with Gasteiger partial charge in [0.15, 0.2) is 5.78 Å². The summed E-state index contributed by atoms with van der Waals surface area (Å²) in [6.45, 7) is 9.33. The second-order valence-corrected chi connectivity index (χ2v) is 13.0. The van der Waals surface area contributed by atoms with E-state index in [1.54, 1.807) is 19.4 Å². The highest BCUT2D eigenvalue weighted by Gasteiger charge is 2.46.